The standard InChI is InChI=1S/C16H16OS.C7H13NO2.C2H6.CH4O/c1-12(2)18-11-13(3)5-6-15-7-9-16(10-8-15)14(4)17;1-5(9)7(2,3)6(10)8-4;2*1-2/h7-11H,1H2,2-4H3;1-4H3,(H,8,10);1-2H3;2H,1H3/b13-11+;;;. The first kappa shape index (κ1) is 34.0. The molecule has 0 aliphatic rings. The van der Waals surface area contributed by atoms with Crippen molar-refractivity contribution in [1.82, 2.24) is 5.32 Å². The molecule has 0 unspecified atom stereocenters. The predicted octanol–water partition coefficient (Wildman–Crippen LogP) is 5.39. The molecular formula is C26H39NO4S. The topological polar surface area (TPSA) is 83.5 Å². The minimum Gasteiger partial charge on any atom is -0.400 e. The SMILES string of the molecule is C=C(C)S/C=C(\C)C#Cc1ccc(C(C)=O)cc1.CC.CNC(=O)C(C)(C)C(C)=O.CO. The van der Waals surface area contributed by atoms with Crippen molar-refractivity contribution in [2.45, 2.75) is 55.4 Å². The monoisotopic (exact) mass is 461 g/mol. The molecule has 0 atom stereocenters. The van der Waals surface area contributed by atoms with Crippen molar-refractivity contribution in [2.24, 2.45) is 5.41 Å². The normalized spacial score (nSPS) is 9.66. The smallest absolute Gasteiger partial charge is 0.232 e. The fraction of sp³-hybridized carbons (Fsp3) is 0.423. The number of ketones is 2. The van der Waals surface area contributed by atoms with Gasteiger partial charge in [0.05, 0.1) is 0 Å². The highest BCUT2D eigenvalue weighted by Gasteiger charge is 2.31. The Morgan fingerprint density at radius 2 is 1.50 bits per heavy atom. The lowest BCUT2D eigenvalue weighted by Gasteiger charge is -2.17. The molecule has 0 fully saturated rings. The Kier molecular flexibility index (Phi) is 20.3. The minimum atomic E-state index is -0.880. The molecule has 0 aromatic heterocycles. The van der Waals surface area contributed by atoms with Crippen molar-refractivity contribution in [3.8, 4) is 11.8 Å². The third-order valence-corrected chi connectivity index (χ3v) is 4.68. The number of aliphatic hydroxyl groups is 1. The average molecular weight is 462 g/mol. The number of allylic oxidation sites excluding steroid dienone is 2. The van der Waals surface area contributed by atoms with Gasteiger partial charge in [-0.1, -0.05) is 44.4 Å². The van der Waals surface area contributed by atoms with E-state index in [0.29, 0.717) is 5.56 Å². The average Bonchev–Trinajstić information content (AvgIpc) is 2.78. The summed E-state index contributed by atoms with van der Waals surface area (Å²) in [6.07, 6.45) is 0. The molecule has 0 saturated heterocycles. The Bertz CT molecular complexity index is 826. The summed E-state index contributed by atoms with van der Waals surface area (Å²) in [6.45, 7) is 17.9. The summed E-state index contributed by atoms with van der Waals surface area (Å²) >= 11 is 1.58. The van der Waals surface area contributed by atoms with E-state index in [9.17, 15) is 14.4 Å². The van der Waals surface area contributed by atoms with Gasteiger partial charge in [-0.05, 0) is 64.0 Å². The zero-order valence-electron chi connectivity index (χ0n) is 21.2. The molecule has 1 rings (SSSR count). The van der Waals surface area contributed by atoms with E-state index in [4.69, 9.17) is 5.11 Å². The third-order valence-electron chi connectivity index (χ3n) is 3.81. The summed E-state index contributed by atoms with van der Waals surface area (Å²) in [5.74, 6) is 5.85. The molecule has 1 aromatic rings. The van der Waals surface area contributed by atoms with Gasteiger partial charge in [-0.3, -0.25) is 14.4 Å². The number of benzene rings is 1. The van der Waals surface area contributed by atoms with Crippen molar-refractivity contribution in [2.75, 3.05) is 14.2 Å². The van der Waals surface area contributed by atoms with Gasteiger partial charge in [-0.15, -0.1) is 11.8 Å². The molecular weight excluding hydrogens is 422 g/mol. The number of carbonyl (C=O) groups is 3. The lowest BCUT2D eigenvalue weighted by atomic mass is 9.88. The molecule has 5 nitrogen and oxygen atoms in total. The number of carbonyl (C=O) groups excluding carboxylic acids is 3. The summed E-state index contributed by atoms with van der Waals surface area (Å²) in [5, 5.41) is 11.4. The summed E-state index contributed by atoms with van der Waals surface area (Å²) < 4.78 is 0. The summed E-state index contributed by atoms with van der Waals surface area (Å²) in [6, 6.07) is 7.33. The van der Waals surface area contributed by atoms with Crippen molar-refractivity contribution >= 4 is 29.2 Å². The maximum atomic E-state index is 11.1. The fourth-order valence-corrected chi connectivity index (χ4v) is 2.09. The van der Waals surface area contributed by atoms with Crippen LogP contribution in [0.1, 0.15) is 71.3 Å². The number of Topliss-reactive ketones (excluding diaryl/α,β-unsaturated/α-hetero) is 2. The lowest BCUT2D eigenvalue weighted by Crippen LogP contribution is -2.39. The molecule has 6 heteroatoms. The van der Waals surface area contributed by atoms with Crippen LogP contribution in [0.25, 0.3) is 0 Å². The zero-order chi connectivity index (χ0) is 25.9. The van der Waals surface area contributed by atoms with E-state index in [-0.39, 0.29) is 17.5 Å². The van der Waals surface area contributed by atoms with Gasteiger partial charge in [0.25, 0.3) is 0 Å². The first-order valence-electron chi connectivity index (χ1n) is 10.2. The van der Waals surface area contributed by atoms with E-state index in [0.717, 1.165) is 23.2 Å². The van der Waals surface area contributed by atoms with Crippen LogP contribution in [0.4, 0.5) is 0 Å². The first-order valence-corrected chi connectivity index (χ1v) is 11.1. The molecule has 178 valence electrons. The Balaban J connectivity index is -0.000000511. The van der Waals surface area contributed by atoms with E-state index >= 15 is 0 Å². The molecule has 1 amide bonds. The van der Waals surface area contributed by atoms with Crippen molar-refractivity contribution in [3.63, 3.8) is 0 Å². The maximum absolute atomic E-state index is 11.1. The van der Waals surface area contributed by atoms with Crippen molar-refractivity contribution < 1.29 is 19.5 Å². The molecule has 0 radical (unpaired) electrons. The van der Waals surface area contributed by atoms with E-state index in [1.807, 2.05) is 45.2 Å². The summed E-state index contributed by atoms with van der Waals surface area (Å²) in [5.41, 5.74) is 1.74. The fourth-order valence-electron chi connectivity index (χ4n) is 1.65. The van der Waals surface area contributed by atoms with Gasteiger partial charge in [-0.2, -0.15) is 0 Å². The minimum absolute atomic E-state index is 0.0726. The van der Waals surface area contributed by atoms with Gasteiger partial charge in [0.15, 0.2) is 5.78 Å². The Morgan fingerprint density at radius 3 is 1.81 bits per heavy atom. The molecule has 0 heterocycles. The van der Waals surface area contributed by atoms with Crippen LogP contribution in [0.3, 0.4) is 0 Å². The molecule has 0 aliphatic heterocycles. The van der Waals surface area contributed by atoms with Crippen LogP contribution in [0.2, 0.25) is 0 Å². The number of hydrogen-bond donors (Lipinski definition) is 2. The lowest BCUT2D eigenvalue weighted by molar-refractivity contribution is -0.138. The number of hydrogen-bond acceptors (Lipinski definition) is 5. The maximum Gasteiger partial charge on any atom is 0.232 e. The van der Waals surface area contributed by atoms with Crippen LogP contribution in [-0.4, -0.2) is 36.7 Å². The molecule has 0 spiro atoms. The Morgan fingerprint density at radius 1 is 1.03 bits per heavy atom. The number of rotatable bonds is 5. The Labute approximate surface area is 198 Å². The largest absolute Gasteiger partial charge is 0.400 e. The van der Waals surface area contributed by atoms with Gasteiger partial charge in [-0.25, -0.2) is 0 Å². The van der Waals surface area contributed by atoms with E-state index in [1.54, 1.807) is 44.7 Å². The molecule has 2 N–H and O–H groups in total. The van der Waals surface area contributed by atoms with Crippen LogP contribution in [0.15, 0.2) is 46.7 Å². The van der Waals surface area contributed by atoms with Gasteiger partial charge in [0, 0.05) is 30.9 Å². The summed E-state index contributed by atoms with van der Waals surface area (Å²) in [7, 11) is 2.52. The molecule has 0 bridgehead atoms. The quantitative estimate of drug-likeness (QED) is 0.349. The van der Waals surface area contributed by atoms with Crippen LogP contribution < -0.4 is 5.32 Å². The van der Waals surface area contributed by atoms with E-state index in [2.05, 4.69) is 23.7 Å². The van der Waals surface area contributed by atoms with Gasteiger partial charge in [0.2, 0.25) is 5.91 Å². The summed E-state index contributed by atoms with van der Waals surface area (Å²) in [4.78, 5) is 33.9. The number of aliphatic hydroxyl groups excluding tert-OH is 1. The van der Waals surface area contributed by atoms with E-state index in [1.165, 1.54) is 14.0 Å². The highest BCUT2D eigenvalue weighted by molar-refractivity contribution is 8.05. The second-order valence-corrected chi connectivity index (χ2v) is 7.93. The molecule has 0 aliphatic carbocycles. The van der Waals surface area contributed by atoms with Crippen LogP contribution in [-0.2, 0) is 9.59 Å². The van der Waals surface area contributed by atoms with Gasteiger partial charge in [0.1, 0.15) is 11.2 Å². The Hall–Kier alpha value is -2.62. The van der Waals surface area contributed by atoms with Crippen LogP contribution >= 0.6 is 11.8 Å². The third kappa shape index (κ3) is 15.2. The highest BCUT2D eigenvalue weighted by atomic mass is 32.2. The number of thioether (sulfide) groups is 1. The number of nitrogens with one attached hydrogen (secondary N) is 1. The second-order valence-electron chi connectivity index (χ2n) is 6.76. The van der Waals surface area contributed by atoms with Gasteiger partial charge < -0.3 is 10.4 Å². The second kappa shape index (κ2) is 19.1. The van der Waals surface area contributed by atoms with E-state index < -0.39 is 5.41 Å². The molecule has 0 saturated carbocycles. The predicted molar refractivity (Wildman–Crippen MR) is 138 cm³/mol. The van der Waals surface area contributed by atoms with Gasteiger partial charge >= 0.3 is 0 Å². The molecule has 32 heavy (non-hydrogen) atoms. The first-order chi connectivity index (χ1) is 14.9. The van der Waals surface area contributed by atoms with Crippen LogP contribution in [0.5, 0.6) is 0 Å². The zero-order valence-corrected chi connectivity index (χ0v) is 22.0. The van der Waals surface area contributed by atoms with Crippen molar-refractivity contribution in [3.05, 3.63) is 57.9 Å². The number of amides is 1. The highest BCUT2D eigenvalue weighted by Crippen LogP contribution is 2.16. The molecule has 1 aromatic carbocycles. The van der Waals surface area contributed by atoms with Crippen molar-refractivity contribution in [1.29, 1.82) is 0 Å². The van der Waals surface area contributed by atoms with Crippen LogP contribution in [0, 0.1) is 17.3 Å².